The molecule has 1 saturated heterocycles. The van der Waals surface area contributed by atoms with Crippen molar-refractivity contribution >= 4 is 15.7 Å². The molecule has 0 radical (unpaired) electrons. The smallest absolute Gasteiger partial charge is 0.223 e. The van der Waals surface area contributed by atoms with Crippen molar-refractivity contribution in [3.8, 4) is 0 Å². The molecule has 2 heterocycles. The first-order valence-corrected chi connectivity index (χ1v) is 9.92. The molecule has 0 spiro atoms. The van der Waals surface area contributed by atoms with Crippen LogP contribution in [0, 0.1) is 29.6 Å². The quantitative estimate of drug-likeness (QED) is 0.782. The molecule has 2 aliphatic heterocycles. The van der Waals surface area contributed by atoms with Crippen molar-refractivity contribution in [1.29, 1.82) is 0 Å². The fourth-order valence-electron chi connectivity index (χ4n) is 5.18. The van der Waals surface area contributed by atoms with Crippen LogP contribution in [0.3, 0.4) is 0 Å². The lowest BCUT2D eigenvalue weighted by Crippen LogP contribution is -2.38. The number of hydrogen-bond acceptors (Lipinski definition) is 3. The average Bonchev–Trinajstić information content (AvgIpc) is 3.05. The standard InChI is InChI=1S/C16H23NO3S/c18-16(7-11-5-6-21(19,20)10-11)17-8-14-12-1-2-13(4-3-12)15(14)9-17/h5-6,11-15H,1-4,7-10H2/t11-,12?,13?,14-,15+/m1/s1. The first kappa shape index (κ1) is 13.8. The predicted octanol–water partition coefficient (Wildman–Crippen LogP) is 1.83. The number of hydrogen-bond donors (Lipinski definition) is 0. The van der Waals surface area contributed by atoms with Crippen molar-refractivity contribution in [2.45, 2.75) is 32.1 Å². The highest BCUT2D eigenvalue weighted by atomic mass is 32.2. The van der Waals surface area contributed by atoms with Gasteiger partial charge in [0, 0.05) is 30.8 Å². The van der Waals surface area contributed by atoms with E-state index in [1.165, 1.54) is 31.1 Å². The SMILES string of the molecule is O=C(C[C@H]1C=CS(=O)(=O)C1)N1C[C@@H]2C3CCC(CC3)[C@@H]2C1. The first-order valence-electron chi connectivity index (χ1n) is 8.20. The zero-order valence-electron chi connectivity index (χ0n) is 12.3. The highest BCUT2D eigenvalue weighted by Crippen LogP contribution is 2.51. The third kappa shape index (κ3) is 2.43. The molecule has 0 N–H and O–H groups in total. The zero-order valence-corrected chi connectivity index (χ0v) is 13.1. The van der Waals surface area contributed by atoms with E-state index in [0.29, 0.717) is 6.42 Å². The molecule has 4 fully saturated rings. The van der Waals surface area contributed by atoms with E-state index in [9.17, 15) is 13.2 Å². The lowest BCUT2D eigenvalue weighted by molar-refractivity contribution is -0.130. The Bertz CT molecular complexity index is 554. The number of nitrogens with zero attached hydrogens (tertiary/aromatic N) is 1. The van der Waals surface area contributed by atoms with Crippen LogP contribution in [0.25, 0.3) is 0 Å². The summed E-state index contributed by atoms with van der Waals surface area (Å²) in [7, 11) is -3.04. The van der Waals surface area contributed by atoms with Crippen LogP contribution in [0.4, 0.5) is 0 Å². The molecule has 3 saturated carbocycles. The normalized spacial score (nSPS) is 43.2. The fraction of sp³-hybridized carbons (Fsp3) is 0.812. The van der Waals surface area contributed by atoms with Gasteiger partial charge < -0.3 is 4.90 Å². The molecule has 3 atom stereocenters. The van der Waals surface area contributed by atoms with Crippen LogP contribution in [-0.2, 0) is 14.6 Å². The van der Waals surface area contributed by atoms with Crippen molar-refractivity contribution in [1.82, 2.24) is 4.90 Å². The monoisotopic (exact) mass is 309 g/mol. The van der Waals surface area contributed by atoms with Crippen LogP contribution in [-0.4, -0.2) is 38.1 Å². The molecule has 0 aromatic heterocycles. The van der Waals surface area contributed by atoms with Crippen molar-refractivity contribution < 1.29 is 13.2 Å². The minimum atomic E-state index is -3.04. The van der Waals surface area contributed by atoms with E-state index in [0.717, 1.165) is 36.8 Å². The second kappa shape index (κ2) is 4.83. The molecule has 0 unspecified atom stereocenters. The zero-order chi connectivity index (χ0) is 14.6. The summed E-state index contributed by atoms with van der Waals surface area (Å²) in [5.41, 5.74) is 0. The van der Waals surface area contributed by atoms with Crippen LogP contribution in [0.5, 0.6) is 0 Å². The summed E-state index contributed by atoms with van der Waals surface area (Å²) < 4.78 is 22.9. The third-order valence-electron chi connectivity index (χ3n) is 6.23. The lowest BCUT2D eigenvalue weighted by atomic mass is 9.60. The summed E-state index contributed by atoms with van der Waals surface area (Å²) in [5, 5.41) is 1.27. The Balaban J connectivity index is 1.40. The molecule has 116 valence electrons. The van der Waals surface area contributed by atoms with Crippen molar-refractivity contribution in [2.75, 3.05) is 18.8 Å². The summed E-state index contributed by atoms with van der Waals surface area (Å²) in [6.45, 7) is 1.85. The minimum absolute atomic E-state index is 0.109. The average molecular weight is 309 g/mol. The molecule has 1 amide bonds. The van der Waals surface area contributed by atoms with E-state index >= 15 is 0 Å². The Morgan fingerprint density at radius 2 is 1.62 bits per heavy atom. The van der Waals surface area contributed by atoms with Gasteiger partial charge in [0.15, 0.2) is 9.84 Å². The lowest BCUT2D eigenvalue weighted by Gasteiger charge is -2.44. The second-order valence-corrected chi connectivity index (χ2v) is 9.35. The maximum Gasteiger partial charge on any atom is 0.223 e. The van der Waals surface area contributed by atoms with Gasteiger partial charge in [-0.3, -0.25) is 4.79 Å². The number of carbonyl (C=O) groups excluding carboxylic acids is 1. The van der Waals surface area contributed by atoms with Gasteiger partial charge in [-0.1, -0.05) is 6.08 Å². The number of carbonyl (C=O) groups is 1. The summed E-state index contributed by atoms with van der Waals surface area (Å²) >= 11 is 0. The number of fused-ring (bicyclic) bond motifs is 2. The van der Waals surface area contributed by atoms with Gasteiger partial charge in [-0.25, -0.2) is 8.42 Å². The van der Waals surface area contributed by atoms with Gasteiger partial charge >= 0.3 is 0 Å². The van der Waals surface area contributed by atoms with E-state index < -0.39 is 9.84 Å². The molecule has 0 aromatic rings. The predicted molar refractivity (Wildman–Crippen MR) is 80.0 cm³/mol. The van der Waals surface area contributed by atoms with Gasteiger partial charge in [0.2, 0.25) is 5.91 Å². The maximum absolute atomic E-state index is 12.5. The molecule has 21 heavy (non-hydrogen) atoms. The largest absolute Gasteiger partial charge is 0.342 e. The van der Waals surface area contributed by atoms with Gasteiger partial charge in [-0.05, 0) is 49.4 Å². The van der Waals surface area contributed by atoms with Gasteiger partial charge in [0.25, 0.3) is 0 Å². The molecular formula is C16H23NO3S. The number of amides is 1. The van der Waals surface area contributed by atoms with Crippen LogP contribution >= 0.6 is 0 Å². The van der Waals surface area contributed by atoms with Gasteiger partial charge in [0.05, 0.1) is 5.75 Å². The first-order chi connectivity index (χ1) is 10.0. The van der Waals surface area contributed by atoms with Crippen LogP contribution in [0.2, 0.25) is 0 Å². The van der Waals surface area contributed by atoms with E-state index in [4.69, 9.17) is 0 Å². The number of allylic oxidation sites excluding steroid dienone is 1. The third-order valence-corrected chi connectivity index (χ3v) is 7.70. The molecular weight excluding hydrogens is 286 g/mol. The summed E-state index contributed by atoms with van der Waals surface area (Å²) in [4.78, 5) is 14.5. The Morgan fingerprint density at radius 3 is 2.10 bits per heavy atom. The highest BCUT2D eigenvalue weighted by molar-refractivity contribution is 7.94. The molecule has 0 aromatic carbocycles. The Morgan fingerprint density at radius 1 is 1.05 bits per heavy atom. The van der Waals surface area contributed by atoms with Crippen LogP contribution < -0.4 is 0 Å². The summed E-state index contributed by atoms with van der Waals surface area (Å²) in [5.74, 6) is 3.30. The van der Waals surface area contributed by atoms with Crippen LogP contribution in [0.15, 0.2) is 11.5 Å². The van der Waals surface area contributed by atoms with Gasteiger partial charge in [-0.2, -0.15) is 0 Å². The highest BCUT2D eigenvalue weighted by Gasteiger charge is 2.49. The molecule has 5 heteroatoms. The second-order valence-electron chi connectivity index (χ2n) is 7.42. The molecule has 2 bridgehead atoms. The number of sulfone groups is 1. The molecule has 5 aliphatic rings. The van der Waals surface area contributed by atoms with Crippen molar-refractivity contribution in [3.63, 3.8) is 0 Å². The summed E-state index contributed by atoms with van der Waals surface area (Å²) in [6.07, 6.45) is 7.49. The number of likely N-dealkylation sites (tertiary alicyclic amines) is 1. The van der Waals surface area contributed by atoms with Crippen molar-refractivity contribution in [2.24, 2.45) is 29.6 Å². The van der Waals surface area contributed by atoms with Gasteiger partial charge in [-0.15, -0.1) is 0 Å². The van der Waals surface area contributed by atoms with E-state index in [1.807, 2.05) is 4.90 Å². The Kier molecular flexibility index (Phi) is 3.18. The molecule has 4 nitrogen and oxygen atoms in total. The summed E-state index contributed by atoms with van der Waals surface area (Å²) in [6, 6.07) is 0. The number of rotatable bonds is 2. The van der Waals surface area contributed by atoms with E-state index in [-0.39, 0.29) is 17.6 Å². The topological polar surface area (TPSA) is 54.5 Å². The molecule has 3 aliphatic carbocycles. The molecule has 5 rings (SSSR count). The minimum Gasteiger partial charge on any atom is -0.342 e. The fourth-order valence-corrected chi connectivity index (χ4v) is 6.58. The van der Waals surface area contributed by atoms with Crippen molar-refractivity contribution in [3.05, 3.63) is 11.5 Å². The van der Waals surface area contributed by atoms with E-state index in [2.05, 4.69) is 0 Å². The van der Waals surface area contributed by atoms with Crippen LogP contribution in [0.1, 0.15) is 32.1 Å². The Labute approximate surface area is 126 Å². The Hall–Kier alpha value is -0.840. The maximum atomic E-state index is 12.5. The van der Waals surface area contributed by atoms with E-state index in [1.54, 1.807) is 6.08 Å². The van der Waals surface area contributed by atoms with Gasteiger partial charge in [0.1, 0.15) is 0 Å².